The molecule has 0 fully saturated rings. The number of likely N-dealkylation sites (N-methyl/N-ethyl adjacent to an activating group) is 1. The molecular weight excluding hydrogens is 236 g/mol. The van der Waals surface area contributed by atoms with E-state index in [-0.39, 0.29) is 0 Å². The summed E-state index contributed by atoms with van der Waals surface area (Å²) in [5.74, 6) is 0.588. The van der Waals surface area contributed by atoms with E-state index >= 15 is 0 Å². The van der Waals surface area contributed by atoms with Gasteiger partial charge < -0.3 is 15.3 Å². The average Bonchev–Trinajstić information content (AvgIpc) is 2.79. The first kappa shape index (κ1) is 14.4. The summed E-state index contributed by atoms with van der Waals surface area (Å²) in [6.45, 7) is 5.55. The van der Waals surface area contributed by atoms with E-state index in [9.17, 15) is 0 Å². The van der Waals surface area contributed by atoms with Gasteiger partial charge in [-0.15, -0.1) is 0 Å². The molecule has 0 aliphatic carbocycles. The summed E-state index contributed by atoms with van der Waals surface area (Å²) in [5, 5.41) is 12.5. The largest absolute Gasteiger partial charge is 0.396 e. The molecule has 0 saturated carbocycles. The molecule has 0 bridgehead atoms. The summed E-state index contributed by atoms with van der Waals surface area (Å²) in [6.07, 6.45) is 3.20. The van der Waals surface area contributed by atoms with Gasteiger partial charge >= 0.3 is 0 Å². The third-order valence-electron chi connectivity index (χ3n) is 4.15. The number of nitrogens with zero attached hydrogens (tertiary/aromatic N) is 1. The van der Waals surface area contributed by atoms with Gasteiger partial charge in [-0.25, -0.2) is 0 Å². The molecule has 3 heteroatoms. The van der Waals surface area contributed by atoms with Gasteiger partial charge in [-0.3, -0.25) is 0 Å². The van der Waals surface area contributed by atoms with E-state index in [2.05, 4.69) is 42.4 Å². The molecule has 0 aromatic heterocycles. The lowest BCUT2D eigenvalue weighted by Crippen LogP contribution is -2.23. The number of hydrogen-bond acceptors (Lipinski definition) is 3. The smallest absolute Gasteiger partial charge is 0.0434 e. The number of aliphatic hydroxyl groups is 1. The highest BCUT2D eigenvalue weighted by atomic mass is 16.3. The van der Waals surface area contributed by atoms with Crippen molar-refractivity contribution < 1.29 is 5.11 Å². The lowest BCUT2D eigenvalue weighted by Gasteiger charge is -2.15. The van der Waals surface area contributed by atoms with Crippen molar-refractivity contribution in [2.75, 3.05) is 31.6 Å². The van der Waals surface area contributed by atoms with Crippen LogP contribution in [-0.2, 0) is 13.0 Å². The molecule has 0 radical (unpaired) electrons. The van der Waals surface area contributed by atoms with Crippen LogP contribution in [0.5, 0.6) is 0 Å². The van der Waals surface area contributed by atoms with Crippen LogP contribution < -0.4 is 10.2 Å². The second-order valence-electron chi connectivity index (χ2n) is 5.55. The van der Waals surface area contributed by atoms with Crippen molar-refractivity contribution in [2.24, 2.45) is 5.92 Å². The van der Waals surface area contributed by atoms with Crippen LogP contribution in [0.1, 0.15) is 30.9 Å². The molecule has 0 saturated heterocycles. The quantitative estimate of drug-likeness (QED) is 0.790. The average molecular weight is 262 g/mol. The molecule has 1 atom stereocenters. The van der Waals surface area contributed by atoms with Crippen LogP contribution >= 0.6 is 0 Å². The van der Waals surface area contributed by atoms with Gasteiger partial charge in [-0.05, 0) is 42.5 Å². The minimum atomic E-state index is 0.297. The maximum absolute atomic E-state index is 8.98. The van der Waals surface area contributed by atoms with E-state index in [1.807, 2.05) is 0 Å². The fourth-order valence-corrected chi connectivity index (χ4v) is 2.78. The van der Waals surface area contributed by atoms with Crippen molar-refractivity contribution in [1.82, 2.24) is 5.32 Å². The predicted molar refractivity (Wildman–Crippen MR) is 80.6 cm³/mol. The minimum Gasteiger partial charge on any atom is -0.396 e. The first-order chi connectivity index (χ1) is 9.24. The highest BCUT2D eigenvalue weighted by Gasteiger charge is 2.15. The lowest BCUT2D eigenvalue weighted by atomic mass is 10.0. The first-order valence-electron chi connectivity index (χ1n) is 7.39. The number of fused-ring (bicyclic) bond motifs is 1. The number of nitrogens with one attached hydrogen (secondary N) is 1. The van der Waals surface area contributed by atoms with Crippen molar-refractivity contribution in [2.45, 2.75) is 32.7 Å². The number of benzene rings is 1. The zero-order valence-corrected chi connectivity index (χ0v) is 12.2. The fourth-order valence-electron chi connectivity index (χ4n) is 2.78. The Hall–Kier alpha value is -1.06. The third-order valence-corrected chi connectivity index (χ3v) is 4.15. The number of anilines is 1. The van der Waals surface area contributed by atoms with Gasteiger partial charge in [0.05, 0.1) is 0 Å². The van der Waals surface area contributed by atoms with Gasteiger partial charge in [0.15, 0.2) is 0 Å². The van der Waals surface area contributed by atoms with E-state index < -0.39 is 0 Å². The van der Waals surface area contributed by atoms with Crippen LogP contribution in [0.3, 0.4) is 0 Å². The Morgan fingerprint density at radius 3 is 3.00 bits per heavy atom. The predicted octanol–water partition coefficient (Wildman–Crippen LogP) is 2.18. The Labute approximate surface area is 116 Å². The molecule has 0 amide bonds. The Balaban J connectivity index is 1.84. The van der Waals surface area contributed by atoms with Gasteiger partial charge in [0.2, 0.25) is 0 Å². The monoisotopic (exact) mass is 262 g/mol. The molecule has 1 aliphatic heterocycles. The van der Waals surface area contributed by atoms with Crippen LogP contribution in [0.4, 0.5) is 5.69 Å². The fraction of sp³-hybridized carbons (Fsp3) is 0.625. The zero-order chi connectivity index (χ0) is 13.7. The summed E-state index contributed by atoms with van der Waals surface area (Å²) in [4.78, 5) is 2.32. The molecule has 1 aromatic rings. The summed E-state index contributed by atoms with van der Waals surface area (Å²) in [7, 11) is 2.16. The summed E-state index contributed by atoms with van der Waals surface area (Å²) in [6, 6.07) is 6.80. The Bertz CT molecular complexity index is 406. The molecule has 1 heterocycles. The van der Waals surface area contributed by atoms with Crippen LogP contribution in [0.15, 0.2) is 18.2 Å². The molecule has 1 aromatic carbocycles. The van der Waals surface area contributed by atoms with Gasteiger partial charge in [0, 0.05) is 32.4 Å². The van der Waals surface area contributed by atoms with E-state index in [1.165, 1.54) is 23.2 Å². The number of hydrogen-bond donors (Lipinski definition) is 2. The normalized spacial score (nSPS) is 15.6. The van der Waals surface area contributed by atoms with E-state index in [1.54, 1.807) is 0 Å². The third kappa shape index (κ3) is 3.71. The zero-order valence-electron chi connectivity index (χ0n) is 12.2. The highest BCUT2D eigenvalue weighted by Crippen LogP contribution is 2.27. The van der Waals surface area contributed by atoms with Gasteiger partial charge in [-0.2, -0.15) is 0 Å². The standard InChI is InChI=1S/C16H26N2O/c1-3-13(7-9-19)11-17-12-14-4-5-16-15(10-14)6-8-18(16)2/h4-5,10,13,17,19H,3,6-9,11-12H2,1-2H3. The summed E-state index contributed by atoms with van der Waals surface area (Å²) in [5.41, 5.74) is 4.23. The van der Waals surface area contributed by atoms with Crippen LogP contribution in [0, 0.1) is 5.92 Å². The van der Waals surface area contributed by atoms with Crippen molar-refractivity contribution in [3.05, 3.63) is 29.3 Å². The van der Waals surface area contributed by atoms with Crippen LogP contribution in [0.2, 0.25) is 0 Å². The molecule has 2 N–H and O–H groups in total. The first-order valence-corrected chi connectivity index (χ1v) is 7.39. The minimum absolute atomic E-state index is 0.297. The Morgan fingerprint density at radius 1 is 1.42 bits per heavy atom. The lowest BCUT2D eigenvalue weighted by molar-refractivity contribution is 0.251. The molecular formula is C16H26N2O. The van der Waals surface area contributed by atoms with Crippen molar-refractivity contribution in [3.8, 4) is 0 Å². The molecule has 1 aliphatic rings. The van der Waals surface area contributed by atoms with Crippen LogP contribution in [0.25, 0.3) is 0 Å². The van der Waals surface area contributed by atoms with Crippen LogP contribution in [-0.4, -0.2) is 31.9 Å². The second-order valence-corrected chi connectivity index (χ2v) is 5.55. The molecule has 106 valence electrons. The van der Waals surface area contributed by atoms with E-state index in [0.29, 0.717) is 12.5 Å². The molecule has 3 nitrogen and oxygen atoms in total. The van der Waals surface area contributed by atoms with Crippen molar-refractivity contribution in [1.29, 1.82) is 0 Å². The summed E-state index contributed by atoms with van der Waals surface area (Å²) >= 11 is 0. The molecule has 0 spiro atoms. The Kier molecular flexibility index (Phi) is 5.23. The molecule has 2 rings (SSSR count). The topological polar surface area (TPSA) is 35.5 Å². The maximum Gasteiger partial charge on any atom is 0.0434 e. The van der Waals surface area contributed by atoms with Gasteiger partial charge in [-0.1, -0.05) is 25.5 Å². The Morgan fingerprint density at radius 2 is 2.26 bits per heavy atom. The van der Waals surface area contributed by atoms with E-state index in [4.69, 9.17) is 5.11 Å². The van der Waals surface area contributed by atoms with Crippen molar-refractivity contribution in [3.63, 3.8) is 0 Å². The molecule has 1 unspecified atom stereocenters. The van der Waals surface area contributed by atoms with Gasteiger partial charge in [0.1, 0.15) is 0 Å². The van der Waals surface area contributed by atoms with Gasteiger partial charge in [0.25, 0.3) is 0 Å². The molecule has 19 heavy (non-hydrogen) atoms. The SMILES string of the molecule is CCC(CCO)CNCc1ccc2c(c1)CCN2C. The highest BCUT2D eigenvalue weighted by molar-refractivity contribution is 5.58. The van der Waals surface area contributed by atoms with E-state index in [0.717, 1.165) is 32.5 Å². The summed E-state index contributed by atoms with van der Waals surface area (Å²) < 4.78 is 0. The second kappa shape index (κ2) is 6.92. The maximum atomic E-state index is 8.98. The number of aliphatic hydroxyl groups excluding tert-OH is 1. The number of rotatable bonds is 7. The van der Waals surface area contributed by atoms with Crippen molar-refractivity contribution >= 4 is 5.69 Å².